The summed E-state index contributed by atoms with van der Waals surface area (Å²) in [5.41, 5.74) is 2.53. The Morgan fingerprint density at radius 2 is 2.12 bits per heavy atom. The van der Waals surface area contributed by atoms with Crippen molar-refractivity contribution in [3.8, 4) is 0 Å². The molecule has 2 aliphatic rings. The van der Waals surface area contributed by atoms with Crippen molar-refractivity contribution < 1.29 is 9.47 Å². The first-order valence-electron chi connectivity index (χ1n) is 9.62. The molecule has 0 aromatic carbocycles. The van der Waals surface area contributed by atoms with Crippen LogP contribution in [-0.4, -0.2) is 51.6 Å². The lowest BCUT2D eigenvalue weighted by Gasteiger charge is -2.50. The highest BCUT2D eigenvalue weighted by Gasteiger charge is 2.52. The predicted octanol–water partition coefficient (Wildman–Crippen LogP) is 2.50. The van der Waals surface area contributed by atoms with E-state index in [4.69, 9.17) is 9.47 Å². The summed E-state index contributed by atoms with van der Waals surface area (Å²) in [4.78, 5) is 6.50. The van der Waals surface area contributed by atoms with E-state index in [-0.39, 0.29) is 5.60 Å². The van der Waals surface area contributed by atoms with Crippen LogP contribution < -0.4 is 0 Å². The summed E-state index contributed by atoms with van der Waals surface area (Å²) in [6, 6.07) is 4.01. The molecule has 6 nitrogen and oxygen atoms in total. The molecule has 4 heterocycles. The fourth-order valence-corrected chi connectivity index (χ4v) is 4.18. The van der Waals surface area contributed by atoms with E-state index in [9.17, 15) is 0 Å². The summed E-state index contributed by atoms with van der Waals surface area (Å²) < 4.78 is 14.0. The van der Waals surface area contributed by atoms with Crippen LogP contribution in [-0.2, 0) is 29.2 Å². The summed E-state index contributed by atoms with van der Waals surface area (Å²) in [7, 11) is 0. The summed E-state index contributed by atoms with van der Waals surface area (Å²) in [5.74, 6) is 0.606. The molecule has 0 amide bonds. The Hall–Kier alpha value is -1.76. The van der Waals surface area contributed by atoms with Crippen molar-refractivity contribution in [3.05, 3.63) is 48.0 Å². The number of rotatable bonds is 8. The van der Waals surface area contributed by atoms with Crippen molar-refractivity contribution >= 4 is 0 Å². The summed E-state index contributed by atoms with van der Waals surface area (Å²) in [6.07, 6.45) is 9.98. The van der Waals surface area contributed by atoms with Crippen LogP contribution in [0.1, 0.15) is 30.9 Å². The van der Waals surface area contributed by atoms with Crippen molar-refractivity contribution in [2.75, 3.05) is 26.3 Å². The molecule has 2 saturated heterocycles. The van der Waals surface area contributed by atoms with E-state index >= 15 is 0 Å². The van der Waals surface area contributed by atoms with Crippen LogP contribution in [0.3, 0.4) is 0 Å². The van der Waals surface area contributed by atoms with E-state index in [0.717, 1.165) is 52.2 Å². The quantitative estimate of drug-likeness (QED) is 0.680. The minimum absolute atomic E-state index is 0.0563. The molecule has 1 atom stereocenters. The van der Waals surface area contributed by atoms with Gasteiger partial charge < -0.3 is 9.47 Å². The Morgan fingerprint density at radius 3 is 2.88 bits per heavy atom. The smallest absolute Gasteiger partial charge is 0.0964 e. The molecule has 0 bridgehead atoms. The summed E-state index contributed by atoms with van der Waals surface area (Å²) in [5, 5.41) is 4.36. The number of pyridine rings is 1. The second-order valence-electron chi connectivity index (χ2n) is 7.44. The van der Waals surface area contributed by atoms with Crippen LogP contribution in [0, 0.1) is 5.92 Å². The lowest BCUT2D eigenvalue weighted by atomic mass is 9.79. The number of likely N-dealkylation sites (tertiary alicyclic amines) is 1. The molecular weight excluding hydrogens is 328 g/mol. The second-order valence-corrected chi connectivity index (χ2v) is 7.44. The predicted molar refractivity (Wildman–Crippen MR) is 98.5 cm³/mol. The monoisotopic (exact) mass is 356 g/mol. The van der Waals surface area contributed by atoms with Gasteiger partial charge in [-0.15, -0.1) is 0 Å². The Labute approximate surface area is 155 Å². The molecule has 140 valence electrons. The molecule has 0 unspecified atom stereocenters. The van der Waals surface area contributed by atoms with E-state index in [1.54, 1.807) is 0 Å². The van der Waals surface area contributed by atoms with E-state index < -0.39 is 0 Å². The second kappa shape index (κ2) is 7.86. The average Bonchev–Trinajstić information content (AvgIpc) is 3.26. The Balaban J connectivity index is 1.21. The van der Waals surface area contributed by atoms with E-state index in [0.29, 0.717) is 12.5 Å². The highest BCUT2D eigenvalue weighted by Crippen LogP contribution is 2.42. The van der Waals surface area contributed by atoms with E-state index in [2.05, 4.69) is 28.1 Å². The molecule has 2 aromatic heterocycles. The van der Waals surface area contributed by atoms with Gasteiger partial charge in [0, 0.05) is 63.5 Å². The fraction of sp³-hybridized carbons (Fsp3) is 0.600. The average molecular weight is 356 g/mol. The van der Waals surface area contributed by atoms with Crippen LogP contribution in [0.4, 0.5) is 0 Å². The largest absolute Gasteiger partial charge is 0.377 e. The van der Waals surface area contributed by atoms with Crippen molar-refractivity contribution in [1.82, 2.24) is 19.7 Å². The van der Waals surface area contributed by atoms with Crippen molar-refractivity contribution in [1.29, 1.82) is 0 Å². The number of hydrogen-bond acceptors (Lipinski definition) is 5. The number of aryl methyl sites for hydroxylation is 1. The molecule has 26 heavy (non-hydrogen) atoms. The maximum absolute atomic E-state index is 6.17. The number of aromatic nitrogens is 3. The van der Waals surface area contributed by atoms with Crippen molar-refractivity contribution in [2.24, 2.45) is 5.92 Å². The van der Waals surface area contributed by atoms with Gasteiger partial charge in [0.15, 0.2) is 0 Å². The third-order valence-electron chi connectivity index (χ3n) is 5.63. The third kappa shape index (κ3) is 3.82. The van der Waals surface area contributed by atoms with E-state index in [1.807, 2.05) is 35.4 Å². The van der Waals surface area contributed by atoms with E-state index in [1.165, 1.54) is 11.1 Å². The molecule has 0 radical (unpaired) electrons. The number of nitrogens with zero attached hydrogens (tertiary/aromatic N) is 4. The van der Waals surface area contributed by atoms with Gasteiger partial charge in [0.1, 0.15) is 0 Å². The van der Waals surface area contributed by atoms with Gasteiger partial charge in [0.05, 0.1) is 18.4 Å². The fourth-order valence-electron chi connectivity index (χ4n) is 4.18. The zero-order valence-corrected chi connectivity index (χ0v) is 15.5. The van der Waals surface area contributed by atoms with Gasteiger partial charge in [-0.05, 0) is 43.4 Å². The maximum Gasteiger partial charge on any atom is 0.0964 e. The Kier molecular flexibility index (Phi) is 5.33. The summed E-state index contributed by atoms with van der Waals surface area (Å²) in [6.45, 7) is 8.40. The topological polar surface area (TPSA) is 52.4 Å². The lowest BCUT2D eigenvalue weighted by Crippen LogP contribution is -2.64. The minimum atomic E-state index is 0.0563. The molecule has 2 fully saturated rings. The van der Waals surface area contributed by atoms with Gasteiger partial charge >= 0.3 is 0 Å². The zero-order chi connectivity index (χ0) is 17.8. The normalized spacial score (nSPS) is 22.0. The standard InChI is InChI=1S/C20H28N4O2/c1-2-24-13-18(11-22-24)12-23-15-20(16-23)19(6-10-26-20)5-9-25-14-17-3-7-21-8-4-17/h3-4,7-8,11,13,19H,2,5-6,9-10,12,14-16H2,1H3/t19-/m0/s1. The first-order valence-corrected chi connectivity index (χ1v) is 9.62. The zero-order valence-electron chi connectivity index (χ0n) is 15.5. The van der Waals surface area contributed by atoms with Crippen LogP contribution in [0.25, 0.3) is 0 Å². The maximum atomic E-state index is 6.17. The molecule has 6 heteroatoms. The Bertz CT molecular complexity index is 697. The first-order chi connectivity index (χ1) is 12.8. The minimum Gasteiger partial charge on any atom is -0.377 e. The van der Waals surface area contributed by atoms with Crippen LogP contribution in [0.15, 0.2) is 36.9 Å². The third-order valence-corrected chi connectivity index (χ3v) is 5.63. The highest BCUT2D eigenvalue weighted by atomic mass is 16.5. The molecule has 0 saturated carbocycles. The first kappa shape index (κ1) is 17.6. The number of hydrogen-bond donors (Lipinski definition) is 0. The van der Waals surface area contributed by atoms with Gasteiger partial charge in [0.25, 0.3) is 0 Å². The molecular formula is C20H28N4O2. The molecule has 2 aliphatic heterocycles. The van der Waals surface area contributed by atoms with Crippen LogP contribution >= 0.6 is 0 Å². The molecule has 2 aromatic rings. The summed E-state index contributed by atoms with van der Waals surface area (Å²) >= 11 is 0. The van der Waals surface area contributed by atoms with Crippen molar-refractivity contribution in [2.45, 2.75) is 45.1 Å². The molecule has 4 rings (SSSR count). The van der Waals surface area contributed by atoms with Gasteiger partial charge in [-0.2, -0.15) is 5.10 Å². The SMILES string of the molecule is CCn1cc(CN2CC3(C2)OCC[C@@H]3CCOCc2ccncc2)cn1. The van der Waals surface area contributed by atoms with Gasteiger partial charge in [-0.25, -0.2) is 0 Å². The highest BCUT2D eigenvalue weighted by molar-refractivity contribution is 5.10. The van der Waals surface area contributed by atoms with Crippen molar-refractivity contribution in [3.63, 3.8) is 0 Å². The van der Waals surface area contributed by atoms with Crippen LogP contribution in [0.2, 0.25) is 0 Å². The van der Waals surface area contributed by atoms with Gasteiger partial charge in [-0.3, -0.25) is 14.6 Å². The lowest BCUT2D eigenvalue weighted by molar-refractivity contribution is -0.139. The molecule has 0 aliphatic carbocycles. The Morgan fingerprint density at radius 1 is 1.27 bits per heavy atom. The van der Waals surface area contributed by atoms with Gasteiger partial charge in [0.2, 0.25) is 0 Å². The number of ether oxygens (including phenoxy) is 2. The molecule has 0 N–H and O–H groups in total. The van der Waals surface area contributed by atoms with Crippen LogP contribution in [0.5, 0.6) is 0 Å². The van der Waals surface area contributed by atoms with Gasteiger partial charge in [-0.1, -0.05) is 0 Å². The molecule has 1 spiro atoms.